The summed E-state index contributed by atoms with van der Waals surface area (Å²) in [7, 11) is 0. The molecule has 0 bridgehead atoms. The first kappa shape index (κ1) is 18.5. The van der Waals surface area contributed by atoms with Gasteiger partial charge in [0.25, 0.3) is 5.91 Å². The number of benzene rings is 2. The molecular formula is C21H23NO3. The van der Waals surface area contributed by atoms with Crippen molar-refractivity contribution in [2.45, 2.75) is 26.7 Å². The Morgan fingerprint density at radius 2 is 1.68 bits per heavy atom. The summed E-state index contributed by atoms with van der Waals surface area (Å²) in [6, 6.07) is 15.4. The van der Waals surface area contributed by atoms with Crippen LogP contribution in [0.15, 0.2) is 54.6 Å². The summed E-state index contributed by atoms with van der Waals surface area (Å²) in [5, 5.41) is 2.67. The number of nitrogens with one attached hydrogen (secondary N) is 1. The largest absolute Gasteiger partial charge is 0.452 e. The summed E-state index contributed by atoms with van der Waals surface area (Å²) in [6.45, 7) is 5.91. The number of hydrogen-bond donors (Lipinski definition) is 1. The van der Waals surface area contributed by atoms with Crippen LogP contribution in [-0.4, -0.2) is 18.5 Å². The minimum absolute atomic E-state index is 0.316. The molecule has 0 aliphatic rings. The third-order valence-electron chi connectivity index (χ3n) is 3.70. The van der Waals surface area contributed by atoms with Gasteiger partial charge >= 0.3 is 5.97 Å². The standard InChI is InChI=1S/C21H23NO3/c1-15(2)18-9-6-17(7-10-18)8-13-21(24)25-14-20(23)22-19-11-4-16(3)5-12-19/h4-13,15H,14H2,1-3H3,(H,22,23)/b13-8+. The minimum Gasteiger partial charge on any atom is -0.452 e. The molecule has 0 spiro atoms. The van der Waals surface area contributed by atoms with Crippen molar-refractivity contribution < 1.29 is 14.3 Å². The minimum atomic E-state index is -0.549. The summed E-state index contributed by atoms with van der Waals surface area (Å²) in [4.78, 5) is 23.5. The molecule has 4 heteroatoms. The second-order valence-electron chi connectivity index (χ2n) is 6.18. The van der Waals surface area contributed by atoms with E-state index in [0.717, 1.165) is 11.1 Å². The summed E-state index contributed by atoms with van der Waals surface area (Å²) in [6.07, 6.45) is 2.99. The van der Waals surface area contributed by atoms with Gasteiger partial charge < -0.3 is 10.1 Å². The highest BCUT2D eigenvalue weighted by molar-refractivity contribution is 5.94. The fourth-order valence-electron chi connectivity index (χ4n) is 2.18. The average Bonchev–Trinajstić information content (AvgIpc) is 2.60. The highest BCUT2D eigenvalue weighted by atomic mass is 16.5. The fourth-order valence-corrected chi connectivity index (χ4v) is 2.18. The Morgan fingerprint density at radius 3 is 2.28 bits per heavy atom. The number of anilines is 1. The van der Waals surface area contributed by atoms with Gasteiger partial charge in [0.05, 0.1) is 0 Å². The van der Waals surface area contributed by atoms with E-state index in [2.05, 4.69) is 19.2 Å². The predicted octanol–water partition coefficient (Wildman–Crippen LogP) is 4.31. The normalized spacial score (nSPS) is 10.9. The molecule has 130 valence electrons. The van der Waals surface area contributed by atoms with Gasteiger partial charge in [0.2, 0.25) is 0 Å². The van der Waals surface area contributed by atoms with Crippen molar-refractivity contribution in [2.24, 2.45) is 0 Å². The third kappa shape index (κ3) is 6.26. The first-order valence-electron chi connectivity index (χ1n) is 8.25. The lowest BCUT2D eigenvalue weighted by molar-refractivity contribution is -0.142. The number of ether oxygens (including phenoxy) is 1. The molecule has 1 amide bonds. The number of rotatable bonds is 6. The Hall–Kier alpha value is -2.88. The van der Waals surface area contributed by atoms with E-state index in [1.54, 1.807) is 18.2 Å². The molecule has 2 aromatic rings. The van der Waals surface area contributed by atoms with Crippen molar-refractivity contribution in [2.75, 3.05) is 11.9 Å². The van der Waals surface area contributed by atoms with Crippen molar-refractivity contribution in [3.63, 3.8) is 0 Å². The summed E-state index contributed by atoms with van der Waals surface area (Å²) in [5.41, 5.74) is 3.93. The lowest BCUT2D eigenvalue weighted by Crippen LogP contribution is -2.20. The Balaban J connectivity index is 1.79. The van der Waals surface area contributed by atoms with E-state index in [0.29, 0.717) is 11.6 Å². The van der Waals surface area contributed by atoms with Crippen LogP contribution in [0.3, 0.4) is 0 Å². The van der Waals surface area contributed by atoms with Crippen molar-refractivity contribution >= 4 is 23.6 Å². The van der Waals surface area contributed by atoms with Crippen molar-refractivity contribution in [3.05, 3.63) is 71.3 Å². The van der Waals surface area contributed by atoms with E-state index in [1.807, 2.05) is 43.3 Å². The van der Waals surface area contributed by atoms with Gasteiger partial charge in [0, 0.05) is 11.8 Å². The van der Waals surface area contributed by atoms with Crippen molar-refractivity contribution in [1.29, 1.82) is 0 Å². The molecule has 0 aliphatic carbocycles. The maximum atomic E-state index is 11.8. The third-order valence-corrected chi connectivity index (χ3v) is 3.70. The van der Waals surface area contributed by atoms with Gasteiger partial charge in [-0.3, -0.25) is 4.79 Å². The van der Waals surface area contributed by atoms with E-state index in [4.69, 9.17) is 4.74 Å². The molecule has 25 heavy (non-hydrogen) atoms. The van der Waals surface area contributed by atoms with E-state index in [1.165, 1.54) is 11.6 Å². The van der Waals surface area contributed by atoms with Gasteiger partial charge in [0.15, 0.2) is 6.61 Å². The predicted molar refractivity (Wildman–Crippen MR) is 100 cm³/mol. The molecule has 1 N–H and O–H groups in total. The molecule has 0 saturated carbocycles. The molecule has 0 radical (unpaired) electrons. The van der Waals surface area contributed by atoms with Gasteiger partial charge in [-0.25, -0.2) is 4.79 Å². The lowest BCUT2D eigenvalue weighted by atomic mass is 10.0. The smallest absolute Gasteiger partial charge is 0.331 e. The van der Waals surface area contributed by atoms with Crippen LogP contribution in [0, 0.1) is 6.92 Å². The monoisotopic (exact) mass is 337 g/mol. The van der Waals surface area contributed by atoms with Crippen LogP contribution in [0.2, 0.25) is 0 Å². The highest BCUT2D eigenvalue weighted by Crippen LogP contribution is 2.15. The molecule has 0 aliphatic heterocycles. The number of carbonyl (C=O) groups is 2. The van der Waals surface area contributed by atoms with Gasteiger partial charge in [-0.15, -0.1) is 0 Å². The van der Waals surface area contributed by atoms with Crippen LogP contribution in [0.25, 0.3) is 6.08 Å². The van der Waals surface area contributed by atoms with Crippen LogP contribution >= 0.6 is 0 Å². The van der Waals surface area contributed by atoms with Crippen LogP contribution in [0.1, 0.15) is 36.5 Å². The first-order valence-corrected chi connectivity index (χ1v) is 8.25. The number of amides is 1. The van der Waals surface area contributed by atoms with E-state index in [9.17, 15) is 9.59 Å². The van der Waals surface area contributed by atoms with E-state index < -0.39 is 5.97 Å². The topological polar surface area (TPSA) is 55.4 Å². The number of carbonyl (C=O) groups excluding carboxylic acids is 2. The summed E-state index contributed by atoms with van der Waals surface area (Å²) in [5.74, 6) is -0.450. The van der Waals surface area contributed by atoms with Crippen molar-refractivity contribution in [1.82, 2.24) is 0 Å². The average molecular weight is 337 g/mol. The number of hydrogen-bond acceptors (Lipinski definition) is 3. The molecule has 0 saturated heterocycles. The molecule has 2 rings (SSSR count). The lowest BCUT2D eigenvalue weighted by Gasteiger charge is -2.06. The molecule has 0 aromatic heterocycles. The van der Waals surface area contributed by atoms with Crippen LogP contribution in [-0.2, 0) is 14.3 Å². The molecule has 4 nitrogen and oxygen atoms in total. The molecule has 0 heterocycles. The molecule has 0 fully saturated rings. The van der Waals surface area contributed by atoms with Gasteiger partial charge in [-0.2, -0.15) is 0 Å². The maximum absolute atomic E-state index is 11.8. The molecule has 2 aromatic carbocycles. The zero-order valence-corrected chi connectivity index (χ0v) is 14.8. The first-order chi connectivity index (χ1) is 11.9. The van der Waals surface area contributed by atoms with Gasteiger partial charge in [-0.05, 0) is 42.2 Å². The van der Waals surface area contributed by atoms with Crippen molar-refractivity contribution in [3.8, 4) is 0 Å². The fraction of sp³-hybridized carbons (Fsp3) is 0.238. The number of esters is 1. The molecule has 0 atom stereocenters. The summed E-state index contributed by atoms with van der Waals surface area (Å²) >= 11 is 0. The van der Waals surface area contributed by atoms with Gasteiger partial charge in [0.1, 0.15) is 0 Å². The van der Waals surface area contributed by atoms with E-state index in [-0.39, 0.29) is 12.5 Å². The highest BCUT2D eigenvalue weighted by Gasteiger charge is 2.05. The second-order valence-corrected chi connectivity index (χ2v) is 6.18. The zero-order chi connectivity index (χ0) is 18.2. The Morgan fingerprint density at radius 1 is 1.04 bits per heavy atom. The van der Waals surface area contributed by atoms with E-state index >= 15 is 0 Å². The summed E-state index contributed by atoms with van der Waals surface area (Å²) < 4.78 is 4.95. The van der Waals surface area contributed by atoms with Crippen LogP contribution in [0.5, 0.6) is 0 Å². The Kier molecular flexibility index (Phi) is 6.52. The molecular weight excluding hydrogens is 314 g/mol. The SMILES string of the molecule is Cc1ccc(NC(=O)COC(=O)/C=C/c2ccc(C(C)C)cc2)cc1. The Labute approximate surface area is 148 Å². The zero-order valence-electron chi connectivity index (χ0n) is 14.8. The van der Waals surface area contributed by atoms with Crippen LogP contribution in [0.4, 0.5) is 5.69 Å². The molecule has 0 unspecified atom stereocenters. The quantitative estimate of drug-likeness (QED) is 0.631. The second kappa shape index (κ2) is 8.83. The van der Waals surface area contributed by atoms with Crippen LogP contribution < -0.4 is 5.32 Å². The maximum Gasteiger partial charge on any atom is 0.331 e. The van der Waals surface area contributed by atoms with Gasteiger partial charge in [-0.1, -0.05) is 55.8 Å². The number of aryl methyl sites for hydroxylation is 1. The Bertz CT molecular complexity index is 744.